The molecule has 0 saturated carbocycles. The molecule has 20 heavy (non-hydrogen) atoms. The number of hydrogen-bond donors (Lipinski definition) is 1. The lowest BCUT2D eigenvalue weighted by atomic mass is 10.1. The molecule has 0 aromatic carbocycles. The molecule has 1 amide bonds. The number of carbonyl (C=O) groups is 1. The molecule has 0 bridgehead atoms. The summed E-state index contributed by atoms with van der Waals surface area (Å²) in [5.41, 5.74) is 0. The Morgan fingerprint density at radius 1 is 1.30 bits per heavy atom. The van der Waals surface area contributed by atoms with E-state index in [4.69, 9.17) is 11.6 Å². The maximum absolute atomic E-state index is 12.2. The number of alkyl halides is 1. The Balaban J connectivity index is 2.47. The molecule has 0 aromatic rings. The van der Waals surface area contributed by atoms with Crippen LogP contribution in [-0.2, 0) is 14.8 Å². The van der Waals surface area contributed by atoms with Crippen molar-refractivity contribution in [1.29, 1.82) is 0 Å². The highest BCUT2D eigenvalue weighted by molar-refractivity contribution is 7.89. The van der Waals surface area contributed by atoms with Crippen LogP contribution in [0, 0.1) is 11.8 Å². The van der Waals surface area contributed by atoms with E-state index >= 15 is 0 Å². The lowest BCUT2D eigenvalue weighted by Crippen LogP contribution is -2.48. The van der Waals surface area contributed by atoms with E-state index in [0.29, 0.717) is 31.8 Å². The van der Waals surface area contributed by atoms with Crippen LogP contribution in [-0.4, -0.2) is 49.4 Å². The summed E-state index contributed by atoms with van der Waals surface area (Å²) in [5.74, 6) is 0.392. The van der Waals surface area contributed by atoms with Gasteiger partial charge in [-0.25, -0.2) is 12.7 Å². The number of halogens is 1. The Morgan fingerprint density at radius 2 is 1.85 bits per heavy atom. The smallest absolute Gasteiger partial charge is 0.222 e. The zero-order valence-electron chi connectivity index (χ0n) is 12.4. The molecule has 0 radical (unpaired) electrons. The quantitative estimate of drug-likeness (QED) is 0.752. The van der Waals surface area contributed by atoms with Gasteiger partial charge in [0.2, 0.25) is 15.9 Å². The monoisotopic (exact) mass is 324 g/mol. The summed E-state index contributed by atoms with van der Waals surface area (Å²) in [7, 11) is -3.23. The van der Waals surface area contributed by atoms with Crippen molar-refractivity contribution in [3.63, 3.8) is 0 Å². The molecule has 118 valence electrons. The average Bonchev–Trinajstić information content (AvgIpc) is 2.38. The van der Waals surface area contributed by atoms with Crippen LogP contribution in [0.5, 0.6) is 0 Å². The number of amides is 1. The molecular weight excluding hydrogens is 300 g/mol. The van der Waals surface area contributed by atoms with E-state index in [-0.39, 0.29) is 29.5 Å². The summed E-state index contributed by atoms with van der Waals surface area (Å²) in [4.78, 5) is 11.6. The Morgan fingerprint density at radius 3 is 2.30 bits per heavy atom. The fraction of sp³-hybridized carbons (Fsp3) is 0.923. The largest absolute Gasteiger partial charge is 0.353 e. The summed E-state index contributed by atoms with van der Waals surface area (Å²) >= 11 is 5.68. The van der Waals surface area contributed by atoms with Gasteiger partial charge in [0.15, 0.2) is 0 Å². The molecule has 1 saturated heterocycles. The molecule has 1 unspecified atom stereocenters. The molecule has 1 fully saturated rings. The Hall–Kier alpha value is -0.330. The van der Waals surface area contributed by atoms with Gasteiger partial charge in [-0.15, -0.1) is 11.6 Å². The molecule has 1 rings (SSSR count). The molecule has 1 aliphatic rings. The van der Waals surface area contributed by atoms with Crippen molar-refractivity contribution in [2.75, 3.05) is 24.7 Å². The molecule has 0 aliphatic carbocycles. The minimum absolute atomic E-state index is 0.0297. The Kier molecular flexibility index (Phi) is 6.75. The Labute approximate surface area is 127 Å². The van der Waals surface area contributed by atoms with E-state index in [0.717, 1.165) is 0 Å². The van der Waals surface area contributed by atoms with Crippen molar-refractivity contribution in [2.45, 2.75) is 39.7 Å². The highest BCUT2D eigenvalue weighted by Gasteiger charge is 2.29. The predicted octanol–water partition coefficient (Wildman–Crippen LogP) is 1.43. The standard InChI is InChI=1S/C13H25ClN2O3S/c1-10(2)13(17)15-12-4-6-16(7-5-12)20(18,19)9-11(3)8-14/h10-12H,4-9H2,1-3H3,(H,15,17). The summed E-state index contributed by atoms with van der Waals surface area (Å²) in [5, 5.41) is 2.96. The molecule has 5 nitrogen and oxygen atoms in total. The van der Waals surface area contributed by atoms with E-state index in [2.05, 4.69) is 5.32 Å². The van der Waals surface area contributed by atoms with Crippen LogP contribution < -0.4 is 5.32 Å². The van der Waals surface area contributed by atoms with Gasteiger partial charge < -0.3 is 5.32 Å². The third kappa shape index (κ3) is 5.22. The summed E-state index contributed by atoms with van der Waals surface area (Å²) in [6, 6.07) is 0.0850. The molecule has 1 heterocycles. The third-order valence-electron chi connectivity index (χ3n) is 3.48. The number of nitrogens with one attached hydrogen (secondary N) is 1. The van der Waals surface area contributed by atoms with Gasteiger partial charge in [-0.3, -0.25) is 4.79 Å². The first-order chi connectivity index (χ1) is 9.26. The van der Waals surface area contributed by atoms with E-state index in [1.54, 1.807) is 0 Å². The first-order valence-corrected chi connectivity index (χ1v) is 9.24. The van der Waals surface area contributed by atoms with Crippen LogP contribution >= 0.6 is 11.6 Å². The SMILES string of the molecule is CC(CCl)CS(=O)(=O)N1CCC(NC(=O)C(C)C)CC1. The lowest BCUT2D eigenvalue weighted by molar-refractivity contribution is -0.124. The number of hydrogen-bond acceptors (Lipinski definition) is 3. The van der Waals surface area contributed by atoms with E-state index in [9.17, 15) is 13.2 Å². The van der Waals surface area contributed by atoms with E-state index in [1.807, 2.05) is 20.8 Å². The van der Waals surface area contributed by atoms with Crippen molar-refractivity contribution >= 4 is 27.5 Å². The van der Waals surface area contributed by atoms with Crippen molar-refractivity contribution in [2.24, 2.45) is 11.8 Å². The van der Waals surface area contributed by atoms with Crippen LogP contribution in [0.4, 0.5) is 0 Å². The number of nitrogens with zero attached hydrogens (tertiary/aromatic N) is 1. The molecule has 7 heteroatoms. The van der Waals surface area contributed by atoms with Crippen LogP contribution in [0.3, 0.4) is 0 Å². The number of sulfonamides is 1. The van der Waals surface area contributed by atoms with Crippen LogP contribution in [0.1, 0.15) is 33.6 Å². The fourth-order valence-corrected chi connectivity index (χ4v) is 4.21. The van der Waals surface area contributed by atoms with Crippen LogP contribution in [0.25, 0.3) is 0 Å². The van der Waals surface area contributed by atoms with Crippen molar-refractivity contribution in [1.82, 2.24) is 9.62 Å². The average molecular weight is 325 g/mol. The first-order valence-electron chi connectivity index (χ1n) is 7.10. The maximum Gasteiger partial charge on any atom is 0.222 e. The van der Waals surface area contributed by atoms with Gasteiger partial charge in [0.1, 0.15) is 0 Å². The van der Waals surface area contributed by atoms with Gasteiger partial charge in [0.25, 0.3) is 0 Å². The summed E-state index contributed by atoms with van der Waals surface area (Å²) < 4.78 is 25.9. The molecule has 1 atom stereocenters. The second-order valence-corrected chi connectivity index (χ2v) is 8.20. The minimum atomic E-state index is -3.23. The first kappa shape index (κ1) is 17.7. The van der Waals surface area contributed by atoms with Crippen LogP contribution in [0.15, 0.2) is 0 Å². The minimum Gasteiger partial charge on any atom is -0.353 e. The van der Waals surface area contributed by atoms with Gasteiger partial charge in [-0.2, -0.15) is 0 Å². The molecule has 0 aromatic heterocycles. The zero-order chi connectivity index (χ0) is 15.3. The normalized spacial score (nSPS) is 20.1. The molecule has 1 aliphatic heterocycles. The maximum atomic E-state index is 12.2. The van der Waals surface area contributed by atoms with E-state index in [1.165, 1.54) is 4.31 Å². The lowest BCUT2D eigenvalue weighted by Gasteiger charge is -2.32. The number of carbonyl (C=O) groups excluding carboxylic acids is 1. The summed E-state index contributed by atoms with van der Waals surface area (Å²) in [6.45, 7) is 6.48. The Bertz CT molecular complexity index is 417. The van der Waals surface area contributed by atoms with Gasteiger partial charge in [-0.1, -0.05) is 20.8 Å². The van der Waals surface area contributed by atoms with Gasteiger partial charge >= 0.3 is 0 Å². The second-order valence-electron chi connectivity index (χ2n) is 5.87. The van der Waals surface area contributed by atoms with Crippen molar-refractivity contribution < 1.29 is 13.2 Å². The van der Waals surface area contributed by atoms with Crippen molar-refractivity contribution in [3.8, 4) is 0 Å². The summed E-state index contributed by atoms with van der Waals surface area (Å²) in [6.07, 6.45) is 1.35. The second kappa shape index (κ2) is 7.61. The fourth-order valence-electron chi connectivity index (χ4n) is 2.16. The molecular formula is C13H25ClN2O3S. The topological polar surface area (TPSA) is 66.5 Å². The van der Waals surface area contributed by atoms with Crippen LogP contribution in [0.2, 0.25) is 0 Å². The third-order valence-corrected chi connectivity index (χ3v) is 6.15. The van der Waals surface area contributed by atoms with Crippen molar-refractivity contribution in [3.05, 3.63) is 0 Å². The van der Waals surface area contributed by atoms with E-state index < -0.39 is 10.0 Å². The number of piperidine rings is 1. The van der Waals surface area contributed by atoms with Gasteiger partial charge in [0.05, 0.1) is 5.75 Å². The predicted molar refractivity (Wildman–Crippen MR) is 81.2 cm³/mol. The number of rotatable bonds is 6. The van der Waals surface area contributed by atoms with Gasteiger partial charge in [-0.05, 0) is 18.8 Å². The molecule has 1 N–H and O–H groups in total. The van der Waals surface area contributed by atoms with Gasteiger partial charge in [0, 0.05) is 30.9 Å². The molecule has 0 spiro atoms. The highest BCUT2D eigenvalue weighted by Crippen LogP contribution is 2.17. The zero-order valence-corrected chi connectivity index (χ0v) is 14.0. The highest BCUT2D eigenvalue weighted by atomic mass is 35.5.